The van der Waals surface area contributed by atoms with Gasteiger partial charge in [-0.05, 0) is 34.0 Å². The molecule has 84 valence electrons. The summed E-state index contributed by atoms with van der Waals surface area (Å²) in [7, 11) is 0. The van der Waals surface area contributed by atoms with Crippen LogP contribution >= 0.6 is 11.6 Å². The van der Waals surface area contributed by atoms with Gasteiger partial charge in [0.2, 0.25) is 0 Å². The molecule has 0 radical (unpaired) electrons. The fourth-order valence-corrected chi connectivity index (χ4v) is 1.69. The first-order chi connectivity index (χ1) is 7.48. The Morgan fingerprint density at radius 1 is 1.06 bits per heavy atom. The lowest BCUT2D eigenvalue weighted by atomic mass is 10.0. The van der Waals surface area contributed by atoms with Crippen molar-refractivity contribution in [1.82, 2.24) is 0 Å². The Morgan fingerprint density at radius 2 is 1.69 bits per heavy atom. The number of halogens is 3. The first kappa shape index (κ1) is 11.3. The molecule has 0 heterocycles. The lowest BCUT2D eigenvalue weighted by molar-refractivity contribution is -0.0424. The van der Waals surface area contributed by atoms with Gasteiger partial charge >= 0.3 is 5.38 Å². The van der Waals surface area contributed by atoms with E-state index < -0.39 is 11.5 Å². The van der Waals surface area contributed by atoms with Crippen molar-refractivity contribution in [1.29, 1.82) is 0 Å². The van der Waals surface area contributed by atoms with Crippen LogP contribution in [-0.2, 0) is 0 Å². The summed E-state index contributed by atoms with van der Waals surface area (Å²) in [4.78, 5) is 0. The minimum absolute atomic E-state index is 0.110. The fraction of sp³-hybridized carbons (Fsp3) is 0.167. The van der Waals surface area contributed by atoms with E-state index in [1.54, 1.807) is 18.2 Å². The molecule has 0 amide bonds. The second-order valence-corrected chi connectivity index (χ2v) is 4.05. The molecular weight excluding hydrogens is 234 g/mol. The van der Waals surface area contributed by atoms with Crippen molar-refractivity contribution in [2.75, 3.05) is 0 Å². The van der Waals surface area contributed by atoms with Crippen LogP contribution in [0.4, 0.5) is 8.78 Å². The summed E-state index contributed by atoms with van der Waals surface area (Å²) in [6.45, 7) is 0. The van der Waals surface area contributed by atoms with Crippen LogP contribution in [-0.4, -0.2) is 10.5 Å². The number of hydrogen-bond acceptors (Lipinski definition) is 1. The highest BCUT2D eigenvalue weighted by atomic mass is 35.5. The Kier molecular flexibility index (Phi) is 2.82. The zero-order valence-electron chi connectivity index (χ0n) is 8.20. The van der Waals surface area contributed by atoms with Gasteiger partial charge in [0, 0.05) is 0 Å². The van der Waals surface area contributed by atoms with E-state index >= 15 is 0 Å². The van der Waals surface area contributed by atoms with E-state index in [2.05, 4.69) is 0 Å². The van der Waals surface area contributed by atoms with Gasteiger partial charge in [-0.1, -0.05) is 36.4 Å². The average molecular weight is 243 g/mol. The zero-order valence-corrected chi connectivity index (χ0v) is 8.96. The molecular formula is C12H9ClF2O. The minimum atomic E-state index is -3.65. The smallest absolute Gasteiger partial charge is 0.351 e. The topological polar surface area (TPSA) is 20.2 Å². The molecule has 2 aromatic carbocycles. The van der Waals surface area contributed by atoms with Crippen molar-refractivity contribution in [2.45, 2.75) is 11.5 Å². The van der Waals surface area contributed by atoms with Gasteiger partial charge in [0.05, 0.1) is 0 Å². The third-order valence-electron chi connectivity index (χ3n) is 2.40. The van der Waals surface area contributed by atoms with Crippen LogP contribution in [0, 0.1) is 0 Å². The lowest BCUT2D eigenvalue weighted by Gasteiger charge is -2.16. The molecule has 0 aliphatic heterocycles. The van der Waals surface area contributed by atoms with Crippen LogP contribution in [0.2, 0.25) is 0 Å². The van der Waals surface area contributed by atoms with Gasteiger partial charge in [0.25, 0.3) is 0 Å². The number of aliphatic hydroxyl groups is 1. The summed E-state index contributed by atoms with van der Waals surface area (Å²) in [5.74, 6) is 0. The van der Waals surface area contributed by atoms with Gasteiger partial charge in [0.15, 0.2) is 6.10 Å². The Balaban J connectivity index is 2.47. The molecule has 0 aliphatic rings. The van der Waals surface area contributed by atoms with Crippen molar-refractivity contribution in [3.05, 3.63) is 48.0 Å². The number of alkyl halides is 3. The number of hydrogen-bond donors (Lipinski definition) is 1. The first-order valence-corrected chi connectivity index (χ1v) is 5.10. The number of benzene rings is 2. The summed E-state index contributed by atoms with van der Waals surface area (Å²) in [6, 6.07) is 11.9. The molecule has 1 atom stereocenters. The molecule has 1 unspecified atom stereocenters. The molecule has 0 saturated heterocycles. The Labute approximate surface area is 96.3 Å². The summed E-state index contributed by atoms with van der Waals surface area (Å²) in [5, 5.41) is 7.40. The molecule has 4 heteroatoms. The Bertz CT molecular complexity index is 508. The van der Waals surface area contributed by atoms with E-state index in [0.29, 0.717) is 0 Å². The van der Waals surface area contributed by atoms with E-state index in [0.717, 1.165) is 10.8 Å². The highest BCUT2D eigenvalue weighted by molar-refractivity contribution is 6.22. The molecule has 0 spiro atoms. The van der Waals surface area contributed by atoms with E-state index in [9.17, 15) is 13.9 Å². The van der Waals surface area contributed by atoms with Crippen molar-refractivity contribution >= 4 is 22.4 Å². The molecule has 1 nitrogen and oxygen atoms in total. The Hall–Kier alpha value is -1.19. The predicted octanol–water partition coefficient (Wildman–Crippen LogP) is 3.70. The van der Waals surface area contributed by atoms with Crippen molar-refractivity contribution in [2.24, 2.45) is 0 Å². The second-order valence-electron chi connectivity index (χ2n) is 3.55. The number of aliphatic hydroxyl groups excluding tert-OH is 1. The lowest BCUT2D eigenvalue weighted by Crippen LogP contribution is -2.18. The summed E-state index contributed by atoms with van der Waals surface area (Å²) in [6.07, 6.45) is -1.99. The summed E-state index contributed by atoms with van der Waals surface area (Å²) < 4.78 is 25.4. The van der Waals surface area contributed by atoms with Crippen LogP contribution < -0.4 is 0 Å². The van der Waals surface area contributed by atoms with E-state index in [1.807, 2.05) is 12.1 Å². The molecule has 0 bridgehead atoms. The van der Waals surface area contributed by atoms with E-state index in [1.165, 1.54) is 12.1 Å². The monoisotopic (exact) mass is 242 g/mol. The van der Waals surface area contributed by atoms with Gasteiger partial charge in [-0.15, -0.1) is 0 Å². The quantitative estimate of drug-likeness (QED) is 0.796. The van der Waals surface area contributed by atoms with Gasteiger partial charge in [-0.2, -0.15) is 8.78 Å². The second kappa shape index (κ2) is 4.00. The Morgan fingerprint density at radius 3 is 2.31 bits per heavy atom. The van der Waals surface area contributed by atoms with E-state index in [4.69, 9.17) is 11.6 Å². The zero-order chi connectivity index (χ0) is 11.8. The van der Waals surface area contributed by atoms with Gasteiger partial charge in [0.1, 0.15) is 0 Å². The van der Waals surface area contributed by atoms with Crippen LogP contribution in [0.3, 0.4) is 0 Å². The molecule has 0 saturated carbocycles. The minimum Gasteiger partial charge on any atom is -0.381 e. The number of fused-ring (bicyclic) bond motifs is 1. The summed E-state index contributed by atoms with van der Waals surface area (Å²) >= 11 is 4.79. The van der Waals surface area contributed by atoms with Crippen LogP contribution in [0.1, 0.15) is 11.7 Å². The van der Waals surface area contributed by atoms with Crippen LogP contribution in [0.5, 0.6) is 0 Å². The van der Waals surface area contributed by atoms with Gasteiger partial charge in [-0.25, -0.2) is 0 Å². The third kappa shape index (κ3) is 2.15. The maximum absolute atomic E-state index is 12.7. The summed E-state index contributed by atoms with van der Waals surface area (Å²) in [5.41, 5.74) is 0.110. The highest BCUT2D eigenvalue weighted by Crippen LogP contribution is 2.35. The number of rotatable bonds is 2. The predicted molar refractivity (Wildman–Crippen MR) is 59.7 cm³/mol. The van der Waals surface area contributed by atoms with Gasteiger partial charge in [-0.3, -0.25) is 0 Å². The third-order valence-corrected chi connectivity index (χ3v) is 2.61. The maximum Gasteiger partial charge on any atom is 0.351 e. The molecule has 0 aromatic heterocycles. The van der Waals surface area contributed by atoms with E-state index in [-0.39, 0.29) is 5.56 Å². The molecule has 2 rings (SSSR count). The van der Waals surface area contributed by atoms with Crippen LogP contribution in [0.15, 0.2) is 42.5 Å². The maximum atomic E-state index is 12.7. The normalized spacial score (nSPS) is 14.0. The van der Waals surface area contributed by atoms with Crippen molar-refractivity contribution < 1.29 is 13.9 Å². The van der Waals surface area contributed by atoms with Gasteiger partial charge < -0.3 is 5.11 Å². The SMILES string of the molecule is OC(c1ccc2ccccc2c1)C(F)(F)Cl. The van der Waals surface area contributed by atoms with Crippen molar-refractivity contribution in [3.63, 3.8) is 0 Å². The molecule has 0 fully saturated rings. The molecule has 2 aromatic rings. The highest BCUT2D eigenvalue weighted by Gasteiger charge is 2.36. The largest absolute Gasteiger partial charge is 0.381 e. The molecule has 1 N–H and O–H groups in total. The van der Waals surface area contributed by atoms with Crippen molar-refractivity contribution in [3.8, 4) is 0 Å². The van der Waals surface area contributed by atoms with Crippen LogP contribution in [0.25, 0.3) is 10.8 Å². The average Bonchev–Trinajstić information content (AvgIpc) is 2.26. The molecule has 16 heavy (non-hydrogen) atoms. The fourth-order valence-electron chi connectivity index (χ4n) is 1.57. The molecule has 0 aliphatic carbocycles. The standard InChI is InChI=1S/C12H9ClF2O/c13-12(14,15)11(16)10-6-5-8-3-1-2-4-9(8)7-10/h1-7,11,16H. The first-order valence-electron chi connectivity index (χ1n) is 4.72.